The Hall–Kier alpha value is 0.120. The van der Waals surface area contributed by atoms with Gasteiger partial charge >= 0.3 is 0 Å². The van der Waals surface area contributed by atoms with E-state index in [1.54, 1.807) is 0 Å². The molecule has 0 spiro atoms. The highest BCUT2D eigenvalue weighted by Crippen LogP contribution is 2.51. The molecule has 0 radical (unpaired) electrons. The molecular weight excluding hydrogens is 272 g/mol. The lowest BCUT2D eigenvalue weighted by Gasteiger charge is -2.36. The molecule has 4 nitrogen and oxygen atoms in total. The molecule has 0 unspecified atom stereocenters. The van der Waals surface area contributed by atoms with Gasteiger partial charge in [-0.3, -0.25) is 12.5 Å². The largest absolute Gasteiger partial charge is 0.487 e. The average Bonchev–Trinajstić information content (AvgIpc) is 2.35. The molecule has 0 heterocycles. The van der Waals surface area contributed by atoms with Crippen molar-refractivity contribution in [1.29, 1.82) is 0 Å². The standard InChI is InChI=1S/C12H26O4S2/c1-5-12(17)13-10-9-11-18(14-6-2,15-7-3)16-8-4/h5-11H2,1-4H3. The van der Waals surface area contributed by atoms with Crippen molar-refractivity contribution in [3.63, 3.8) is 0 Å². The Labute approximate surface area is 118 Å². The van der Waals surface area contributed by atoms with E-state index in [1.165, 1.54) is 0 Å². The summed E-state index contributed by atoms with van der Waals surface area (Å²) in [6, 6.07) is 0. The van der Waals surface area contributed by atoms with E-state index in [-0.39, 0.29) is 0 Å². The van der Waals surface area contributed by atoms with Gasteiger partial charge in [-0.25, -0.2) is 0 Å². The summed E-state index contributed by atoms with van der Waals surface area (Å²) in [7, 11) is -1.87. The zero-order valence-electron chi connectivity index (χ0n) is 11.9. The van der Waals surface area contributed by atoms with Gasteiger partial charge in [-0.1, -0.05) is 6.92 Å². The Morgan fingerprint density at radius 1 is 0.944 bits per heavy atom. The molecule has 0 aliphatic rings. The number of rotatable bonds is 11. The van der Waals surface area contributed by atoms with Gasteiger partial charge < -0.3 is 4.74 Å². The first-order valence-corrected chi connectivity index (χ1v) is 8.52. The predicted molar refractivity (Wildman–Crippen MR) is 80.8 cm³/mol. The van der Waals surface area contributed by atoms with Crippen LogP contribution in [0.15, 0.2) is 0 Å². The van der Waals surface area contributed by atoms with Gasteiger partial charge in [-0.05, 0) is 39.4 Å². The summed E-state index contributed by atoms with van der Waals surface area (Å²) in [6.07, 6.45) is 1.59. The lowest BCUT2D eigenvalue weighted by molar-refractivity contribution is 0.183. The highest BCUT2D eigenvalue weighted by molar-refractivity contribution is 8.21. The van der Waals surface area contributed by atoms with Gasteiger partial charge in [0.25, 0.3) is 0 Å². The number of thiocarbonyl (C=S) groups is 1. The van der Waals surface area contributed by atoms with E-state index in [0.717, 1.165) is 18.6 Å². The molecule has 0 rings (SSSR count). The lowest BCUT2D eigenvalue weighted by atomic mass is 10.5. The van der Waals surface area contributed by atoms with Gasteiger partial charge in [0.15, 0.2) is 5.05 Å². The second kappa shape index (κ2) is 11.0. The summed E-state index contributed by atoms with van der Waals surface area (Å²) in [5.41, 5.74) is 0. The zero-order valence-corrected chi connectivity index (χ0v) is 13.5. The molecule has 0 atom stereocenters. The summed E-state index contributed by atoms with van der Waals surface area (Å²) in [5.74, 6) is 0.717. The Morgan fingerprint density at radius 2 is 1.44 bits per heavy atom. The normalized spacial score (nSPS) is 12.4. The number of ether oxygens (including phenoxy) is 1. The maximum Gasteiger partial charge on any atom is 0.159 e. The van der Waals surface area contributed by atoms with Crippen LogP contribution in [-0.2, 0) is 17.3 Å². The van der Waals surface area contributed by atoms with Crippen molar-refractivity contribution >= 4 is 28.1 Å². The van der Waals surface area contributed by atoms with Gasteiger partial charge in [0.1, 0.15) is 0 Å². The minimum Gasteiger partial charge on any atom is -0.487 e. The van der Waals surface area contributed by atoms with Gasteiger partial charge in [0.05, 0.1) is 37.3 Å². The van der Waals surface area contributed by atoms with Crippen molar-refractivity contribution in [2.75, 3.05) is 32.2 Å². The Bertz CT molecular complexity index is 207. The highest BCUT2D eigenvalue weighted by Gasteiger charge is 2.25. The van der Waals surface area contributed by atoms with Gasteiger partial charge in [-0.2, -0.15) is 0 Å². The van der Waals surface area contributed by atoms with E-state index < -0.39 is 10.9 Å². The van der Waals surface area contributed by atoms with Crippen LogP contribution in [0.1, 0.15) is 40.5 Å². The van der Waals surface area contributed by atoms with Crippen molar-refractivity contribution < 1.29 is 17.3 Å². The second-order valence-corrected chi connectivity index (χ2v) is 6.10. The average molecular weight is 298 g/mol. The third kappa shape index (κ3) is 7.53. The lowest BCUT2D eigenvalue weighted by Crippen LogP contribution is -2.18. The molecular formula is C12H26O4S2. The summed E-state index contributed by atoms with van der Waals surface area (Å²) in [5, 5.41) is 0.653. The molecule has 0 aliphatic heterocycles. The summed E-state index contributed by atoms with van der Waals surface area (Å²) >= 11 is 5.01. The molecule has 0 aromatic heterocycles. The fraction of sp³-hybridized carbons (Fsp3) is 0.917. The molecule has 0 fully saturated rings. The van der Waals surface area contributed by atoms with Crippen LogP contribution >= 0.6 is 23.1 Å². The van der Waals surface area contributed by atoms with Crippen molar-refractivity contribution in [3.8, 4) is 0 Å². The smallest absolute Gasteiger partial charge is 0.159 e. The van der Waals surface area contributed by atoms with Crippen LogP contribution in [0.5, 0.6) is 0 Å². The van der Waals surface area contributed by atoms with Crippen molar-refractivity contribution in [3.05, 3.63) is 0 Å². The van der Waals surface area contributed by atoms with Crippen LogP contribution in [-0.4, -0.2) is 37.2 Å². The van der Waals surface area contributed by atoms with E-state index in [0.29, 0.717) is 31.5 Å². The summed E-state index contributed by atoms with van der Waals surface area (Å²) in [4.78, 5) is 0. The number of hydrogen-bond acceptors (Lipinski definition) is 5. The molecule has 0 N–H and O–H groups in total. The molecule has 0 aliphatic carbocycles. The van der Waals surface area contributed by atoms with Gasteiger partial charge in [-0.15, -0.1) is 0 Å². The van der Waals surface area contributed by atoms with E-state index >= 15 is 0 Å². The fourth-order valence-electron chi connectivity index (χ4n) is 1.34. The molecule has 0 bridgehead atoms. The fourth-order valence-corrected chi connectivity index (χ4v) is 3.53. The highest BCUT2D eigenvalue weighted by atomic mass is 32.3. The Balaban J connectivity index is 4.16. The van der Waals surface area contributed by atoms with Gasteiger partial charge in [0, 0.05) is 12.2 Å². The zero-order chi connectivity index (χ0) is 13.9. The molecule has 6 heteroatoms. The topological polar surface area (TPSA) is 36.9 Å². The molecule has 110 valence electrons. The second-order valence-electron chi connectivity index (χ2n) is 3.41. The molecule has 18 heavy (non-hydrogen) atoms. The van der Waals surface area contributed by atoms with E-state index in [1.807, 2.05) is 27.7 Å². The van der Waals surface area contributed by atoms with Crippen LogP contribution < -0.4 is 0 Å². The quantitative estimate of drug-likeness (QED) is 0.428. The summed E-state index contributed by atoms with van der Waals surface area (Å²) in [6.45, 7) is 10.2. The first-order valence-electron chi connectivity index (χ1n) is 6.53. The van der Waals surface area contributed by atoms with E-state index in [4.69, 9.17) is 29.5 Å². The van der Waals surface area contributed by atoms with Crippen LogP contribution in [0.2, 0.25) is 0 Å². The number of hydrogen-bond donors (Lipinski definition) is 0. The molecule has 0 aromatic rings. The van der Waals surface area contributed by atoms with Crippen molar-refractivity contribution in [1.82, 2.24) is 0 Å². The van der Waals surface area contributed by atoms with Crippen LogP contribution in [0.4, 0.5) is 0 Å². The maximum absolute atomic E-state index is 5.69. The molecule has 0 saturated heterocycles. The van der Waals surface area contributed by atoms with Crippen LogP contribution in [0, 0.1) is 0 Å². The van der Waals surface area contributed by atoms with Crippen LogP contribution in [0.3, 0.4) is 0 Å². The van der Waals surface area contributed by atoms with Crippen molar-refractivity contribution in [2.45, 2.75) is 40.5 Å². The van der Waals surface area contributed by atoms with Gasteiger partial charge in [0.2, 0.25) is 0 Å². The summed E-state index contributed by atoms with van der Waals surface area (Å²) < 4.78 is 22.5. The molecule has 0 saturated carbocycles. The van der Waals surface area contributed by atoms with E-state index in [2.05, 4.69) is 0 Å². The minimum absolute atomic E-state index is 0.587. The maximum atomic E-state index is 5.69. The van der Waals surface area contributed by atoms with E-state index in [9.17, 15) is 0 Å². The van der Waals surface area contributed by atoms with Crippen LogP contribution in [0.25, 0.3) is 0 Å². The molecule has 0 aromatic carbocycles. The SMILES string of the molecule is CCOS(CCCOC(=S)CC)(OCC)OCC. The molecule has 0 amide bonds. The predicted octanol–water partition coefficient (Wildman–Crippen LogP) is 3.79. The van der Waals surface area contributed by atoms with Crippen molar-refractivity contribution in [2.24, 2.45) is 0 Å². The Kier molecular flexibility index (Phi) is 11.1. The first kappa shape index (κ1) is 18.1. The minimum atomic E-state index is -1.87. The Morgan fingerprint density at radius 3 is 1.83 bits per heavy atom. The third-order valence-electron chi connectivity index (χ3n) is 1.98. The first-order chi connectivity index (χ1) is 8.64. The third-order valence-corrected chi connectivity index (χ3v) is 4.96. The monoisotopic (exact) mass is 298 g/mol.